The molecule has 250 valence electrons. The van der Waals surface area contributed by atoms with Crippen LogP contribution >= 0.6 is 0 Å². The zero-order valence-corrected chi connectivity index (χ0v) is 28.9. The van der Waals surface area contributed by atoms with E-state index in [0.717, 1.165) is 110 Å². The molecule has 4 aromatic heterocycles. The molecular weight excluding hydrogens is 661 g/mol. The summed E-state index contributed by atoms with van der Waals surface area (Å²) >= 11 is 0. The van der Waals surface area contributed by atoms with E-state index in [2.05, 4.69) is 150 Å². The summed E-state index contributed by atoms with van der Waals surface area (Å²) in [5.74, 6) is 0.637. The van der Waals surface area contributed by atoms with Crippen LogP contribution in [0.5, 0.6) is 0 Å². The Morgan fingerprint density at radius 2 is 1.02 bits per heavy atom. The highest BCUT2D eigenvalue weighted by Gasteiger charge is 2.23. The fraction of sp³-hybridized carbons (Fsp3) is 0. The van der Waals surface area contributed by atoms with Gasteiger partial charge in [-0.05, 0) is 53.2 Å². The predicted molar refractivity (Wildman–Crippen MR) is 222 cm³/mol. The van der Waals surface area contributed by atoms with Crippen LogP contribution in [0.2, 0.25) is 0 Å². The molecule has 0 aliphatic rings. The number of nitrogens with zero attached hydrogens (tertiary/aromatic N) is 4. The van der Waals surface area contributed by atoms with Crippen molar-refractivity contribution in [3.63, 3.8) is 0 Å². The molecular formula is C49H28N4O. The van der Waals surface area contributed by atoms with Crippen LogP contribution in [-0.4, -0.2) is 19.5 Å². The van der Waals surface area contributed by atoms with Gasteiger partial charge in [-0.1, -0.05) is 127 Å². The van der Waals surface area contributed by atoms with E-state index >= 15 is 0 Å². The van der Waals surface area contributed by atoms with Gasteiger partial charge in [0.1, 0.15) is 11.2 Å². The van der Waals surface area contributed by atoms with Gasteiger partial charge in [-0.3, -0.25) is 4.57 Å². The summed E-state index contributed by atoms with van der Waals surface area (Å²) in [6.07, 6.45) is 0. The normalized spacial score (nSPS) is 12.1. The Labute approximate surface area is 308 Å². The monoisotopic (exact) mass is 688 g/mol. The highest BCUT2D eigenvalue weighted by Crippen LogP contribution is 2.44. The molecule has 0 spiro atoms. The summed E-state index contributed by atoms with van der Waals surface area (Å²) in [5, 5.41) is 11.0. The van der Waals surface area contributed by atoms with Crippen LogP contribution in [0.4, 0.5) is 0 Å². The van der Waals surface area contributed by atoms with Gasteiger partial charge in [0, 0.05) is 54.2 Å². The first kappa shape index (κ1) is 29.2. The zero-order chi connectivity index (χ0) is 35.3. The Hall–Kier alpha value is -7.37. The fourth-order valence-electron chi connectivity index (χ4n) is 8.58. The number of rotatable bonds is 3. The molecule has 0 saturated heterocycles. The molecule has 0 bridgehead atoms. The standard InChI is InChI=1S/C49H28N4O/c1-2-14-29(15-3-1)46-35-21-7-11-23-42(35)51-49(52-46)53-43-24-12-8-18-32(43)40-27-38(30-16-4-5-20-34(30)48(40)53)47-39-28-45-37(33-19-9-13-25-44(33)54-45)26-36(39)31-17-6-10-22-41(31)50-47/h1-28H. The summed E-state index contributed by atoms with van der Waals surface area (Å²) in [7, 11) is 0. The molecule has 12 rings (SSSR count). The lowest BCUT2D eigenvalue weighted by molar-refractivity contribution is 0.669. The molecule has 5 heteroatoms. The maximum atomic E-state index is 6.46. The molecule has 0 fully saturated rings. The minimum Gasteiger partial charge on any atom is -0.456 e. The highest BCUT2D eigenvalue weighted by atomic mass is 16.3. The Morgan fingerprint density at radius 1 is 0.370 bits per heavy atom. The van der Waals surface area contributed by atoms with Crippen molar-refractivity contribution in [3.8, 4) is 28.5 Å². The summed E-state index contributed by atoms with van der Waals surface area (Å²) in [5.41, 5.74) is 9.66. The van der Waals surface area contributed by atoms with Crippen LogP contribution in [0.3, 0.4) is 0 Å². The van der Waals surface area contributed by atoms with Gasteiger partial charge >= 0.3 is 0 Å². The number of para-hydroxylation sites is 4. The van der Waals surface area contributed by atoms with E-state index in [4.69, 9.17) is 19.4 Å². The third-order valence-corrected chi connectivity index (χ3v) is 11.0. The highest BCUT2D eigenvalue weighted by molar-refractivity contribution is 6.25. The van der Waals surface area contributed by atoms with Gasteiger partial charge < -0.3 is 4.42 Å². The van der Waals surface area contributed by atoms with Crippen LogP contribution < -0.4 is 0 Å². The molecule has 5 nitrogen and oxygen atoms in total. The van der Waals surface area contributed by atoms with E-state index in [1.54, 1.807) is 0 Å². The Bertz CT molecular complexity index is 3510. The molecule has 0 radical (unpaired) electrons. The quantitative estimate of drug-likeness (QED) is 0.173. The van der Waals surface area contributed by atoms with Gasteiger partial charge in [-0.15, -0.1) is 0 Å². The summed E-state index contributed by atoms with van der Waals surface area (Å²) in [6.45, 7) is 0. The van der Waals surface area contributed by atoms with Crippen molar-refractivity contribution >= 4 is 87.1 Å². The van der Waals surface area contributed by atoms with Gasteiger partial charge in [0.05, 0.1) is 33.5 Å². The van der Waals surface area contributed by atoms with Crippen molar-refractivity contribution in [2.75, 3.05) is 0 Å². The second kappa shape index (κ2) is 11.1. The topological polar surface area (TPSA) is 56.7 Å². The van der Waals surface area contributed by atoms with E-state index in [9.17, 15) is 0 Å². The molecule has 0 N–H and O–H groups in total. The zero-order valence-electron chi connectivity index (χ0n) is 28.9. The number of furan rings is 1. The first-order valence-corrected chi connectivity index (χ1v) is 18.2. The number of aromatic nitrogens is 4. The van der Waals surface area contributed by atoms with Gasteiger partial charge in [0.15, 0.2) is 0 Å². The lowest BCUT2D eigenvalue weighted by atomic mass is 9.93. The lowest BCUT2D eigenvalue weighted by Crippen LogP contribution is -2.04. The molecule has 4 heterocycles. The van der Waals surface area contributed by atoms with Crippen molar-refractivity contribution < 1.29 is 4.42 Å². The predicted octanol–water partition coefficient (Wildman–Crippen LogP) is 12.8. The maximum Gasteiger partial charge on any atom is 0.235 e. The third-order valence-electron chi connectivity index (χ3n) is 11.0. The summed E-state index contributed by atoms with van der Waals surface area (Å²) < 4.78 is 8.71. The van der Waals surface area contributed by atoms with E-state index in [1.807, 2.05) is 24.3 Å². The van der Waals surface area contributed by atoms with Crippen LogP contribution in [0.1, 0.15) is 0 Å². The van der Waals surface area contributed by atoms with Crippen LogP contribution in [0, 0.1) is 0 Å². The SMILES string of the molecule is c1ccc(-c2nc(-n3c4ccccc4c4cc(-c5nc6ccccc6c6cc7c(cc56)oc5ccccc57)c5ccccc5c43)nc3ccccc23)cc1. The molecule has 54 heavy (non-hydrogen) atoms. The number of fused-ring (bicyclic) bond motifs is 12. The fourth-order valence-corrected chi connectivity index (χ4v) is 8.58. The van der Waals surface area contributed by atoms with Gasteiger partial charge in [0.2, 0.25) is 5.95 Å². The van der Waals surface area contributed by atoms with E-state index in [0.29, 0.717) is 5.95 Å². The first-order valence-electron chi connectivity index (χ1n) is 18.2. The summed E-state index contributed by atoms with van der Waals surface area (Å²) in [6, 6.07) is 59.4. The maximum absolute atomic E-state index is 6.46. The van der Waals surface area contributed by atoms with E-state index in [-0.39, 0.29) is 0 Å². The molecule has 8 aromatic carbocycles. The molecule has 0 aliphatic carbocycles. The first-order chi connectivity index (χ1) is 26.8. The summed E-state index contributed by atoms with van der Waals surface area (Å²) in [4.78, 5) is 16.0. The molecule has 0 amide bonds. The van der Waals surface area contributed by atoms with Crippen LogP contribution in [0.15, 0.2) is 174 Å². The van der Waals surface area contributed by atoms with Crippen molar-refractivity contribution in [2.24, 2.45) is 0 Å². The largest absolute Gasteiger partial charge is 0.456 e. The van der Waals surface area contributed by atoms with Gasteiger partial charge in [-0.2, -0.15) is 0 Å². The average Bonchev–Trinajstić information content (AvgIpc) is 3.78. The molecule has 0 saturated carbocycles. The van der Waals surface area contributed by atoms with Crippen LogP contribution in [0.25, 0.3) is 116 Å². The minimum atomic E-state index is 0.637. The van der Waals surface area contributed by atoms with Crippen molar-refractivity contribution in [2.45, 2.75) is 0 Å². The number of benzene rings is 8. The van der Waals surface area contributed by atoms with Crippen LogP contribution in [-0.2, 0) is 0 Å². The lowest BCUT2D eigenvalue weighted by Gasteiger charge is -2.15. The van der Waals surface area contributed by atoms with Crippen molar-refractivity contribution in [3.05, 3.63) is 170 Å². The molecule has 12 aromatic rings. The van der Waals surface area contributed by atoms with Gasteiger partial charge in [-0.25, -0.2) is 15.0 Å². The average molecular weight is 689 g/mol. The molecule has 0 atom stereocenters. The smallest absolute Gasteiger partial charge is 0.235 e. The molecule has 0 unspecified atom stereocenters. The van der Waals surface area contributed by atoms with Gasteiger partial charge in [0.25, 0.3) is 0 Å². The van der Waals surface area contributed by atoms with Crippen molar-refractivity contribution in [1.29, 1.82) is 0 Å². The second-order valence-corrected chi connectivity index (χ2v) is 13.9. The van der Waals surface area contributed by atoms with E-state index < -0.39 is 0 Å². The second-order valence-electron chi connectivity index (χ2n) is 13.9. The Kier molecular flexibility index (Phi) is 5.99. The molecule has 0 aliphatic heterocycles. The van der Waals surface area contributed by atoms with E-state index in [1.165, 1.54) is 0 Å². The van der Waals surface area contributed by atoms with Crippen molar-refractivity contribution in [1.82, 2.24) is 19.5 Å². The Balaban J connectivity index is 1.21. The Morgan fingerprint density at radius 3 is 1.85 bits per heavy atom. The number of hydrogen-bond donors (Lipinski definition) is 0. The third kappa shape index (κ3) is 4.12. The number of hydrogen-bond acceptors (Lipinski definition) is 4. The minimum absolute atomic E-state index is 0.637. The number of pyridine rings is 1.